The van der Waals surface area contributed by atoms with Crippen LogP contribution < -0.4 is 0 Å². The number of aliphatic imine (C=N–C) groups is 1. The molecule has 1 aliphatic rings. The maximum absolute atomic E-state index is 9.68. The number of phenols is 3. The second kappa shape index (κ2) is 5.01. The molecule has 100 valence electrons. The maximum Gasteiger partial charge on any atom is 0.200 e. The van der Waals surface area contributed by atoms with E-state index in [1.807, 2.05) is 13.0 Å². The molecule has 0 aromatic heterocycles. The highest BCUT2D eigenvalue weighted by molar-refractivity contribution is 5.90. The molecule has 6 heteroatoms. The molecular formula is C13H15N3O3. The molecule has 0 fully saturated rings. The molecule has 3 N–H and O–H groups in total. The minimum Gasteiger partial charge on any atom is -0.504 e. The highest BCUT2D eigenvalue weighted by Crippen LogP contribution is 2.36. The van der Waals surface area contributed by atoms with E-state index in [9.17, 15) is 15.3 Å². The topological polar surface area (TPSA) is 88.7 Å². The van der Waals surface area contributed by atoms with Crippen molar-refractivity contribution in [1.82, 2.24) is 5.01 Å². The molecule has 0 radical (unpaired) electrons. The van der Waals surface area contributed by atoms with E-state index in [1.54, 1.807) is 12.1 Å². The maximum atomic E-state index is 9.68. The minimum absolute atomic E-state index is 0.311. The molecule has 0 bridgehead atoms. The Bertz CT molecular complexity index is 591. The van der Waals surface area contributed by atoms with Gasteiger partial charge in [-0.2, -0.15) is 5.10 Å². The molecule has 0 atom stereocenters. The Kier molecular flexibility index (Phi) is 3.41. The van der Waals surface area contributed by atoms with Gasteiger partial charge >= 0.3 is 0 Å². The molecule has 6 nitrogen and oxygen atoms in total. The summed E-state index contributed by atoms with van der Waals surface area (Å²) in [6.45, 7) is 1.91. The fourth-order valence-corrected chi connectivity index (χ4v) is 1.77. The Hall–Kier alpha value is -2.50. The van der Waals surface area contributed by atoms with Crippen LogP contribution in [0.25, 0.3) is 0 Å². The van der Waals surface area contributed by atoms with E-state index in [1.165, 1.54) is 18.3 Å². The van der Waals surface area contributed by atoms with E-state index in [-0.39, 0.29) is 5.75 Å². The van der Waals surface area contributed by atoms with Crippen molar-refractivity contribution >= 4 is 12.1 Å². The van der Waals surface area contributed by atoms with Gasteiger partial charge in [-0.15, -0.1) is 0 Å². The Morgan fingerprint density at radius 1 is 1.21 bits per heavy atom. The lowest BCUT2D eigenvalue weighted by Gasteiger charge is -2.14. The Morgan fingerprint density at radius 2 is 1.95 bits per heavy atom. The molecule has 1 aliphatic heterocycles. The van der Waals surface area contributed by atoms with Crippen LogP contribution in [0.1, 0.15) is 18.9 Å². The second-order valence-electron chi connectivity index (χ2n) is 4.12. The summed E-state index contributed by atoms with van der Waals surface area (Å²) in [5, 5.41) is 34.2. The number of rotatable bonds is 2. The summed E-state index contributed by atoms with van der Waals surface area (Å²) in [7, 11) is 1.69. The van der Waals surface area contributed by atoms with E-state index < -0.39 is 11.5 Å². The van der Waals surface area contributed by atoms with Crippen molar-refractivity contribution in [1.29, 1.82) is 0 Å². The lowest BCUT2D eigenvalue weighted by Crippen LogP contribution is -2.18. The fourth-order valence-electron chi connectivity index (χ4n) is 1.77. The molecule has 0 aliphatic carbocycles. The summed E-state index contributed by atoms with van der Waals surface area (Å²) in [5.74, 6) is -0.527. The van der Waals surface area contributed by atoms with Crippen molar-refractivity contribution in [3.8, 4) is 17.2 Å². The number of benzene rings is 1. The quantitative estimate of drug-likeness (QED) is 0.559. The van der Waals surface area contributed by atoms with E-state index >= 15 is 0 Å². The zero-order valence-electron chi connectivity index (χ0n) is 10.7. The SMILES string of the molecule is C/N=C1\CC=C(C)N1/N=C/c1ccc(O)c(O)c1O. The fraction of sp³-hybridized carbons (Fsp3) is 0.231. The van der Waals surface area contributed by atoms with Crippen molar-refractivity contribution in [2.45, 2.75) is 13.3 Å². The number of hydrazone groups is 1. The number of phenolic OH excluding ortho intramolecular Hbond substituents is 3. The van der Waals surface area contributed by atoms with Crippen molar-refractivity contribution in [3.63, 3.8) is 0 Å². The average Bonchev–Trinajstić information content (AvgIpc) is 2.76. The third-order valence-corrected chi connectivity index (χ3v) is 2.89. The lowest BCUT2D eigenvalue weighted by atomic mass is 10.2. The zero-order valence-corrected chi connectivity index (χ0v) is 10.7. The summed E-state index contributed by atoms with van der Waals surface area (Å²) in [5.41, 5.74) is 1.25. The van der Waals surface area contributed by atoms with Crippen LogP contribution in [0.15, 0.2) is 34.0 Å². The predicted molar refractivity (Wildman–Crippen MR) is 72.6 cm³/mol. The van der Waals surface area contributed by atoms with Crippen molar-refractivity contribution < 1.29 is 15.3 Å². The standard InChI is InChI=1S/C13H15N3O3/c1-8-3-6-11(14-2)16(8)15-7-9-4-5-10(17)13(19)12(9)18/h3-5,7,17-19H,6H2,1-2H3/b14-11+,15-7+. The van der Waals surface area contributed by atoms with Gasteiger partial charge in [0.05, 0.1) is 6.21 Å². The monoisotopic (exact) mass is 261 g/mol. The summed E-state index contributed by atoms with van der Waals surface area (Å²) in [6, 6.07) is 2.75. The van der Waals surface area contributed by atoms with Gasteiger partial charge in [-0.1, -0.05) is 6.08 Å². The first-order valence-corrected chi connectivity index (χ1v) is 5.75. The van der Waals surface area contributed by atoms with Crippen LogP contribution in [-0.2, 0) is 0 Å². The normalized spacial score (nSPS) is 17.5. The molecule has 0 unspecified atom stereocenters. The highest BCUT2D eigenvalue weighted by atomic mass is 16.3. The van der Waals surface area contributed by atoms with Gasteiger partial charge in [0.25, 0.3) is 0 Å². The van der Waals surface area contributed by atoms with Gasteiger partial charge in [-0.05, 0) is 19.1 Å². The summed E-state index contributed by atoms with van der Waals surface area (Å²) < 4.78 is 0. The number of nitrogens with zero attached hydrogens (tertiary/aromatic N) is 3. The van der Waals surface area contributed by atoms with Gasteiger partial charge in [0.2, 0.25) is 5.75 Å². The van der Waals surface area contributed by atoms with E-state index in [4.69, 9.17) is 0 Å². The minimum atomic E-state index is -0.554. The molecule has 1 aromatic rings. The Balaban J connectivity index is 2.29. The van der Waals surface area contributed by atoms with Crippen LogP contribution in [0.5, 0.6) is 17.2 Å². The van der Waals surface area contributed by atoms with Gasteiger partial charge < -0.3 is 15.3 Å². The lowest BCUT2D eigenvalue weighted by molar-refractivity contribution is 0.367. The number of aromatic hydroxyl groups is 3. The van der Waals surface area contributed by atoms with E-state index in [0.29, 0.717) is 12.0 Å². The second-order valence-corrected chi connectivity index (χ2v) is 4.12. The van der Waals surface area contributed by atoms with E-state index in [0.717, 1.165) is 11.5 Å². The molecule has 2 rings (SSSR count). The van der Waals surface area contributed by atoms with Crippen molar-refractivity contribution in [3.05, 3.63) is 29.5 Å². The molecule has 0 spiro atoms. The smallest absolute Gasteiger partial charge is 0.200 e. The van der Waals surface area contributed by atoms with E-state index in [2.05, 4.69) is 10.1 Å². The predicted octanol–water partition coefficient (Wildman–Crippen LogP) is 1.78. The summed E-state index contributed by atoms with van der Waals surface area (Å²) in [6.07, 6.45) is 4.11. The van der Waals surface area contributed by atoms with Crippen molar-refractivity contribution in [2.24, 2.45) is 10.1 Å². The highest BCUT2D eigenvalue weighted by Gasteiger charge is 2.17. The number of allylic oxidation sites excluding steroid dienone is 1. The van der Waals surface area contributed by atoms with Gasteiger partial charge in [0.1, 0.15) is 5.84 Å². The molecule has 1 aromatic carbocycles. The first-order valence-electron chi connectivity index (χ1n) is 5.75. The molecule has 19 heavy (non-hydrogen) atoms. The largest absolute Gasteiger partial charge is 0.504 e. The van der Waals surface area contributed by atoms with Crippen LogP contribution >= 0.6 is 0 Å². The molecule has 0 saturated heterocycles. The molecule has 0 amide bonds. The third-order valence-electron chi connectivity index (χ3n) is 2.89. The van der Waals surface area contributed by atoms with Crippen LogP contribution in [-0.4, -0.2) is 39.4 Å². The van der Waals surface area contributed by atoms with Crippen LogP contribution in [0.2, 0.25) is 0 Å². The summed E-state index contributed by atoms with van der Waals surface area (Å²) in [4.78, 5) is 4.11. The number of hydrogen-bond donors (Lipinski definition) is 3. The van der Waals surface area contributed by atoms with Crippen LogP contribution in [0.3, 0.4) is 0 Å². The first kappa shape index (κ1) is 12.9. The summed E-state index contributed by atoms with van der Waals surface area (Å²) >= 11 is 0. The number of amidine groups is 1. The molecule has 1 heterocycles. The molecular weight excluding hydrogens is 246 g/mol. The van der Waals surface area contributed by atoms with Gasteiger partial charge in [0, 0.05) is 24.7 Å². The first-order chi connectivity index (χ1) is 9.04. The zero-order chi connectivity index (χ0) is 14.0. The Morgan fingerprint density at radius 3 is 2.63 bits per heavy atom. The van der Waals surface area contributed by atoms with Crippen molar-refractivity contribution in [2.75, 3.05) is 7.05 Å². The number of hydrogen-bond acceptors (Lipinski definition) is 5. The van der Waals surface area contributed by atoms with Gasteiger partial charge in [0.15, 0.2) is 11.5 Å². The van der Waals surface area contributed by atoms with Gasteiger partial charge in [-0.25, -0.2) is 5.01 Å². The Labute approximate surface area is 110 Å². The average molecular weight is 261 g/mol. The van der Waals surface area contributed by atoms with Crippen LogP contribution in [0, 0.1) is 0 Å². The van der Waals surface area contributed by atoms with Crippen LogP contribution in [0.4, 0.5) is 0 Å². The molecule has 0 saturated carbocycles. The third kappa shape index (κ3) is 2.37. The van der Waals surface area contributed by atoms with Gasteiger partial charge in [-0.3, -0.25) is 4.99 Å².